The van der Waals surface area contributed by atoms with Crippen molar-refractivity contribution in [3.05, 3.63) is 11.6 Å². The SMILES string of the molecule is COC1CCC(NC(=O)C2CCc3nnc(C(F)F)n3C2)CC1. The highest BCUT2D eigenvalue weighted by Gasteiger charge is 2.31. The van der Waals surface area contributed by atoms with Crippen molar-refractivity contribution in [3.8, 4) is 0 Å². The van der Waals surface area contributed by atoms with Crippen molar-refractivity contribution in [2.24, 2.45) is 5.92 Å². The summed E-state index contributed by atoms with van der Waals surface area (Å²) >= 11 is 0. The molecule has 0 radical (unpaired) electrons. The Morgan fingerprint density at radius 2 is 2.00 bits per heavy atom. The Bertz CT molecular complexity index is 556. The van der Waals surface area contributed by atoms with Crippen LogP contribution in [0.4, 0.5) is 8.78 Å². The molecule has 128 valence electrons. The molecule has 1 atom stereocenters. The van der Waals surface area contributed by atoms with Crippen molar-refractivity contribution in [1.29, 1.82) is 0 Å². The van der Waals surface area contributed by atoms with Crippen LogP contribution < -0.4 is 5.32 Å². The van der Waals surface area contributed by atoms with Crippen LogP contribution in [0.5, 0.6) is 0 Å². The highest BCUT2D eigenvalue weighted by atomic mass is 19.3. The maximum atomic E-state index is 12.9. The van der Waals surface area contributed by atoms with Crippen LogP contribution in [0.25, 0.3) is 0 Å². The molecule has 1 unspecified atom stereocenters. The molecule has 1 N–H and O–H groups in total. The first-order valence-corrected chi connectivity index (χ1v) is 8.11. The predicted molar refractivity (Wildman–Crippen MR) is 78.0 cm³/mol. The standard InChI is InChI=1S/C15H22F2N4O2/c1-23-11-5-3-10(4-6-11)18-15(22)9-2-7-12-19-20-14(13(16)17)21(12)8-9/h9-11,13H,2-8H2,1H3,(H,18,22). The summed E-state index contributed by atoms with van der Waals surface area (Å²) < 4.78 is 32.6. The Kier molecular flexibility index (Phi) is 4.89. The number of amides is 1. The van der Waals surface area contributed by atoms with Gasteiger partial charge in [-0.1, -0.05) is 0 Å². The van der Waals surface area contributed by atoms with Crippen molar-refractivity contribution in [1.82, 2.24) is 20.1 Å². The van der Waals surface area contributed by atoms with E-state index in [0.717, 1.165) is 25.7 Å². The van der Waals surface area contributed by atoms with Crippen molar-refractivity contribution in [2.75, 3.05) is 7.11 Å². The molecule has 0 bridgehead atoms. The van der Waals surface area contributed by atoms with Crippen LogP contribution in [0.1, 0.15) is 50.2 Å². The number of alkyl halides is 2. The van der Waals surface area contributed by atoms with E-state index in [4.69, 9.17) is 4.74 Å². The van der Waals surface area contributed by atoms with Crippen LogP contribution in [0.2, 0.25) is 0 Å². The van der Waals surface area contributed by atoms with Gasteiger partial charge < -0.3 is 14.6 Å². The van der Waals surface area contributed by atoms with Gasteiger partial charge in [0.05, 0.1) is 12.0 Å². The Hall–Kier alpha value is -1.57. The monoisotopic (exact) mass is 328 g/mol. The summed E-state index contributed by atoms with van der Waals surface area (Å²) in [6.07, 6.45) is 2.44. The van der Waals surface area contributed by atoms with Gasteiger partial charge in [0.1, 0.15) is 5.82 Å². The normalized spacial score (nSPS) is 27.7. The summed E-state index contributed by atoms with van der Waals surface area (Å²) in [6.45, 7) is 0.237. The highest BCUT2D eigenvalue weighted by Crippen LogP contribution is 2.26. The molecule has 0 spiro atoms. The number of nitrogens with one attached hydrogen (secondary N) is 1. The average Bonchev–Trinajstić information content (AvgIpc) is 2.98. The van der Waals surface area contributed by atoms with Crippen LogP contribution in [-0.4, -0.2) is 39.9 Å². The minimum Gasteiger partial charge on any atom is -0.381 e. The number of carbonyl (C=O) groups excluding carboxylic acids is 1. The smallest absolute Gasteiger partial charge is 0.297 e. The third-order valence-electron chi connectivity index (χ3n) is 4.90. The van der Waals surface area contributed by atoms with Gasteiger partial charge in [0.25, 0.3) is 6.43 Å². The topological polar surface area (TPSA) is 69.0 Å². The highest BCUT2D eigenvalue weighted by molar-refractivity contribution is 5.79. The van der Waals surface area contributed by atoms with E-state index in [2.05, 4.69) is 15.5 Å². The fourth-order valence-electron chi connectivity index (χ4n) is 3.49. The number of rotatable bonds is 4. The third kappa shape index (κ3) is 3.52. The van der Waals surface area contributed by atoms with E-state index in [9.17, 15) is 13.6 Å². The molecule has 1 saturated carbocycles. The first kappa shape index (κ1) is 16.3. The molecule has 1 aliphatic carbocycles. The lowest BCUT2D eigenvalue weighted by Gasteiger charge is -2.30. The number of hydrogen-bond acceptors (Lipinski definition) is 4. The van der Waals surface area contributed by atoms with E-state index in [1.165, 1.54) is 4.57 Å². The maximum absolute atomic E-state index is 12.9. The summed E-state index contributed by atoms with van der Waals surface area (Å²) in [4.78, 5) is 12.4. The number of aryl methyl sites for hydroxylation is 1. The van der Waals surface area contributed by atoms with Crippen LogP contribution in [-0.2, 0) is 22.5 Å². The number of aromatic nitrogens is 3. The van der Waals surface area contributed by atoms with Crippen molar-refractivity contribution in [3.63, 3.8) is 0 Å². The van der Waals surface area contributed by atoms with Gasteiger partial charge in [-0.15, -0.1) is 10.2 Å². The van der Waals surface area contributed by atoms with Gasteiger partial charge in [-0.05, 0) is 32.1 Å². The molecule has 8 heteroatoms. The van der Waals surface area contributed by atoms with E-state index in [1.807, 2.05) is 0 Å². The molecular weight excluding hydrogens is 306 g/mol. The molecule has 2 aliphatic rings. The molecule has 1 aliphatic heterocycles. The number of hydrogen-bond donors (Lipinski definition) is 1. The Morgan fingerprint density at radius 1 is 1.26 bits per heavy atom. The number of ether oxygens (including phenoxy) is 1. The zero-order valence-electron chi connectivity index (χ0n) is 13.2. The van der Waals surface area contributed by atoms with E-state index in [1.54, 1.807) is 7.11 Å². The lowest BCUT2D eigenvalue weighted by atomic mass is 9.91. The fraction of sp³-hybridized carbons (Fsp3) is 0.800. The lowest BCUT2D eigenvalue weighted by Crippen LogP contribution is -2.44. The minimum absolute atomic E-state index is 0.0505. The summed E-state index contributed by atoms with van der Waals surface area (Å²) in [5.74, 6) is -0.135. The first-order chi connectivity index (χ1) is 11.1. The van der Waals surface area contributed by atoms with Crippen LogP contribution in [0, 0.1) is 5.92 Å². The molecule has 2 heterocycles. The third-order valence-corrected chi connectivity index (χ3v) is 4.90. The zero-order chi connectivity index (χ0) is 16.4. The number of carbonyl (C=O) groups is 1. The van der Waals surface area contributed by atoms with Crippen molar-refractivity contribution in [2.45, 2.75) is 63.6 Å². The van der Waals surface area contributed by atoms with Gasteiger partial charge in [-0.25, -0.2) is 8.78 Å². The van der Waals surface area contributed by atoms with Gasteiger partial charge in [-0.3, -0.25) is 4.79 Å². The van der Waals surface area contributed by atoms with Gasteiger partial charge in [0.2, 0.25) is 5.91 Å². The second-order valence-electron chi connectivity index (χ2n) is 6.34. The number of fused-ring (bicyclic) bond motifs is 1. The number of halogens is 2. The van der Waals surface area contributed by atoms with E-state index < -0.39 is 6.43 Å². The van der Waals surface area contributed by atoms with E-state index in [0.29, 0.717) is 18.7 Å². The maximum Gasteiger partial charge on any atom is 0.297 e. The molecule has 1 amide bonds. The minimum atomic E-state index is -2.66. The van der Waals surface area contributed by atoms with E-state index >= 15 is 0 Å². The van der Waals surface area contributed by atoms with Crippen molar-refractivity contribution < 1.29 is 18.3 Å². The summed E-state index contributed by atoms with van der Waals surface area (Å²) in [6, 6.07) is 0.158. The zero-order valence-corrected chi connectivity index (χ0v) is 13.2. The molecule has 1 aromatic rings. The van der Waals surface area contributed by atoms with Gasteiger partial charge in [0.15, 0.2) is 5.82 Å². The molecule has 1 fully saturated rings. The van der Waals surface area contributed by atoms with Crippen LogP contribution >= 0.6 is 0 Å². The molecule has 6 nitrogen and oxygen atoms in total. The van der Waals surface area contributed by atoms with Crippen molar-refractivity contribution >= 4 is 5.91 Å². The number of nitrogens with zero attached hydrogens (tertiary/aromatic N) is 3. The molecule has 0 aromatic carbocycles. The molecule has 23 heavy (non-hydrogen) atoms. The fourth-order valence-corrected chi connectivity index (χ4v) is 3.49. The van der Waals surface area contributed by atoms with Crippen LogP contribution in [0.3, 0.4) is 0 Å². The largest absolute Gasteiger partial charge is 0.381 e. The summed E-state index contributed by atoms with van der Waals surface area (Å²) in [7, 11) is 1.71. The Morgan fingerprint density at radius 3 is 2.65 bits per heavy atom. The molecule has 3 rings (SSSR count). The van der Waals surface area contributed by atoms with Gasteiger partial charge in [-0.2, -0.15) is 0 Å². The summed E-state index contributed by atoms with van der Waals surface area (Å²) in [5.41, 5.74) is 0. The van der Waals surface area contributed by atoms with Gasteiger partial charge >= 0.3 is 0 Å². The Balaban J connectivity index is 1.58. The number of methoxy groups -OCH3 is 1. The van der Waals surface area contributed by atoms with Crippen LogP contribution in [0.15, 0.2) is 0 Å². The molecule has 0 saturated heterocycles. The second kappa shape index (κ2) is 6.90. The molecule has 1 aromatic heterocycles. The van der Waals surface area contributed by atoms with Gasteiger partial charge in [0, 0.05) is 26.1 Å². The molecular formula is C15H22F2N4O2. The summed E-state index contributed by atoms with van der Waals surface area (Å²) in [5, 5.41) is 10.4. The second-order valence-corrected chi connectivity index (χ2v) is 6.34. The van der Waals surface area contributed by atoms with E-state index in [-0.39, 0.29) is 36.3 Å². The predicted octanol–water partition coefficient (Wildman–Crippen LogP) is 1.85. The average molecular weight is 328 g/mol. The first-order valence-electron chi connectivity index (χ1n) is 8.11. The Labute approximate surface area is 133 Å². The quantitative estimate of drug-likeness (QED) is 0.916. The lowest BCUT2D eigenvalue weighted by molar-refractivity contribution is -0.127.